The number of aryl methyl sites for hydroxylation is 1. The topological polar surface area (TPSA) is 47.7 Å². The Kier molecular flexibility index (Phi) is 10.3. The number of para-hydroxylation sites is 2. The normalized spacial score (nSPS) is 13.5. The van der Waals surface area contributed by atoms with Crippen LogP contribution < -0.4 is 10.6 Å². The molecule has 1 aliphatic carbocycles. The summed E-state index contributed by atoms with van der Waals surface area (Å²) in [6.07, 6.45) is 7.10. The molecule has 0 spiro atoms. The summed E-state index contributed by atoms with van der Waals surface area (Å²) in [5, 5.41) is 14.4. The molecule has 14 rings (SSSR count). The molecule has 13 aromatic rings. The lowest BCUT2D eigenvalue weighted by molar-refractivity contribution is 0.668. The van der Waals surface area contributed by atoms with Gasteiger partial charge >= 0.3 is 0 Å². The predicted octanol–water partition coefficient (Wildman–Crippen LogP) is 16.2. The maximum atomic E-state index is 6.74. The van der Waals surface area contributed by atoms with Crippen molar-refractivity contribution in [1.82, 2.24) is 9.13 Å². The largest absolute Gasteiger partial charge is 0.456 e. The summed E-state index contributed by atoms with van der Waals surface area (Å²) in [6, 6.07) is 80.0. The zero-order chi connectivity index (χ0) is 49.3. The van der Waals surface area contributed by atoms with Crippen molar-refractivity contribution in [3.8, 4) is 16.8 Å². The maximum absolute atomic E-state index is 6.74. The molecule has 0 N–H and O–H groups in total. The van der Waals surface area contributed by atoms with Crippen molar-refractivity contribution in [2.24, 2.45) is 9.98 Å². The summed E-state index contributed by atoms with van der Waals surface area (Å²) < 4.78 is 11.5. The molecule has 0 radical (unpaired) electrons. The van der Waals surface area contributed by atoms with Gasteiger partial charge in [-0.05, 0) is 123 Å². The van der Waals surface area contributed by atoms with Gasteiger partial charge in [-0.3, -0.25) is 9.98 Å². The first kappa shape index (κ1) is 43.2. The van der Waals surface area contributed by atoms with Gasteiger partial charge in [0, 0.05) is 66.4 Å². The Bertz CT molecular complexity index is 4670. The molecule has 1 aliphatic rings. The van der Waals surface area contributed by atoms with Crippen LogP contribution in [0.25, 0.3) is 105 Å². The van der Waals surface area contributed by atoms with Gasteiger partial charge in [0.25, 0.3) is 0 Å². The second kappa shape index (κ2) is 17.6. The van der Waals surface area contributed by atoms with Crippen LogP contribution in [0.5, 0.6) is 0 Å². The van der Waals surface area contributed by atoms with Crippen LogP contribution in [0.4, 0.5) is 5.69 Å². The summed E-state index contributed by atoms with van der Waals surface area (Å²) >= 11 is 0. The molecular weight excluding hydrogens is 901 g/mol. The molecule has 5 nitrogen and oxygen atoms in total. The molecule has 74 heavy (non-hydrogen) atoms. The second-order valence-electron chi connectivity index (χ2n) is 19.3. The monoisotopic (exact) mass is 948 g/mol. The molecule has 0 fully saturated rings. The summed E-state index contributed by atoms with van der Waals surface area (Å²) in [5.41, 5.74) is 13.5. The van der Waals surface area contributed by atoms with Gasteiger partial charge in [0.2, 0.25) is 0 Å². The number of benzene rings is 10. The molecule has 10 aromatic carbocycles. The Morgan fingerprint density at radius 3 is 2.01 bits per heavy atom. The highest BCUT2D eigenvalue weighted by Crippen LogP contribution is 2.41. The van der Waals surface area contributed by atoms with E-state index in [0.717, 1.165) is 72.1 Å². The van der Waals surface area contributed by atoms with Crippen molar-refractivity contribution in [3.63, 3.8) is 0 Å². The van der Waals surface area contributed by atoms with E-state index in [1.54, 1.807) is 0 Å². The zero-order valence-electron chi connectivity index (χ0n) is 40.8. The van der Waals surface area contributed by atoms with Crippen molar-refractivity contribution in [1.29, 1.82) is 0 Å². The van der Waals surface area contributed by atoms with Crippen LogP contribution in [0, 0.1) is 6.92 Å². The molecular formula is C69H48N4O. The highest BCUT2D eigenvalue weighted by Gasteiger charge is 2.24. The van der Waals surface area contributed by atoms with Crippen LogP contribution in [-0.2, 0) is 6.67 Å². The third-order valence-corrected chi connectivity index (χ3v) is 15.2. The highest BCUT2D eigenvalue weighted by atomic mass is 16.3. The molecule has 0 saturated carbocycles. The van der Waals surface area contributed by atoms with Crippen molar-refractivity contribution in [2.75, 3.05) is 0 Å². The number of hydrogen-bond acceptors (Lipinski definition) is 3. The Morgan fingerprint density at radius 2 is 1.20 bits per heavy atom. The minimum atomic E-state index is -0.0381. The van der Waals surface area contributed by atoms with Gasteiger partial charge in [-0.15, -0.1) is 0 Å². The number of furan rings is 1. The summed E-state index contributed by atoms with van der Waals surface area (Å²) in [5.74, 6) is -0.0381. The van der Waals surface area contributed by atoms with Crippen molar-refractivity contribution in [3.05, 3.63) is 263 Å². The van der Waals surface area contributed by atoms with Crippen LogP contribution in [0.2, 0.25) is 0 Å². The molecule has 5 heteroatoms. The van der Waals surface area contributed by atoms with Gasteiger partial charge in [0.1, 0.15) is 17.8 Å². The first-order valence-corrected chi connectivity index (χ1v) is 25.3. The van der Waals surface area contributed by atoms with E-state index < -0.39 is 0 Å². The van der Waals surface area contributed by atoms with E-state index in [0.29, 0.717) is 6.67 Å². The number of aliphatic imine (C=N–C) groups is 2. The SMILES string of the molecule is C=Nc1ccccc1C(=NCn1c2c(c3c4ccccc4c4ccccc4c31)=CC(c1cccc3oc4ccc(-c5ccc6c(c5)c(C)c5ccccc5cccn6-c5ccccc5)cc4c13)C=2)c1ccccc1. The molecule has 0 amide bonds. The van der Waals surface area contributed by atoms with Crippen LogP contribution >= 0.6 is 0 Å². The van der Waals surface area contributed by atoms with Crippen molar-refractivity contribution < 1.29 is 4.42 Å². The fourth-order valence-electron chi connectivity index (χ4n) is 11.8. The Morgan fingerprint density at radius 1 is 0.541 bits per heavy atom. The second-order valence-corrected chi connectivity index (χ2v) is 19.3. The van der Waals surface area contributed by atoms with E-state index in [4.69, 9.17) is 9.41 Å². The molecule has 1 unspecified atom stereocenters. The van der Waals surface area contributed by atoms with E-state index in [9.17, 15) is 0 Å². The van der Waals surface area contributed by atoms with Gasteiger partial charge in [0.15, 0.2) is 0 Å². The lowest BCUT2D eigenvalue weighted by Gasteiger charge is -2.14. The van der Waals surface area contributed by atoms with E-state index in [1.165, 1.54) is 65.0 Å². The lowest BCUT2D eigenvalue weighted by atomic mass is 9.93. The van der Waals surface area contributed by atoms with E-state index in [1.807, 2.05) is 24.3 Å². The standard InChI is InChI=1S/C69H48N4O/c1-44-51-25-10-9-19-45(51)22-18-38-72(50-23-7-4-8-24-50)62-36-34-47(39-58(44)62)48-35-37-64-60(40-48)66-52(31-17-33-65(66)74-64)49-41-59-63(42-49)73(69-56-29-14-12-27-54(56)53-26-11-13-28-55(53)67(59)69)43-71-68(46-20-5-3-6-21-46)57-30-15-16-32-61(57)70-2/h3-42,49H,2,43H2,1H3. The predicted molar refractivity (Wildman–Crippen MR) is 311 cm³/mol. The molecule has 3 aromatic heterocycles. The average Bonchev–Trinajstić information content (AvgIpc) is 4.17. The molecule has 350 valence electrons. The summed E-state index contributed by atoms with van der Waals surface area (Å²) in [4.78, 5) is 10.00. The van der Waals surface area contributed by atoms with Crippen LogP contribution in [-0.4, -0.2) is 21.6 Å². The first-order valence-electron chi connectivity index (χ1n) is 25.3. The summed E-state index contributed by atoms with van der Waals surface area (Å²) in [6.45, 7) is 6.58. The Balaban J connectivity index is 0.971. The summed E-state index contributed by atoms with van der Waals surface area (Å²) in [7, 11) is 0. The van der Waals surface area contributed by atoms with E-state index in [2.05, 4.69) is 246 Å². The Labute approximate surface area is 427 Å². The van der Waals surface area contributed by atoms with Crippen molar-refractivity contribution in [2.45, 2.75) is 19.5 Å². The van der Waals surface area contributed by atoms with E-state index in [-0.39, 0.29) is 5.92 Å². The van der Waals surface area contributed by atoms with E-state index >= 15 is 0 Å². The fraction of sp³-hybridized carbons (Fsp3) is 0.0435. The Hall–Kier alpha value is -9.58. The quantitative estimate of drug-likeness (QED) is 0.111. The number of aromatic nitrogens is 2. The van der Waals surface area contributed by atoms with Crippen LogP contribution in [0.3, 0.4) is 0 Å². The third-order valence-electron chi connectivity index (χ3n) is 15.2. The maximum Gasteiger partial charge on any atom is 0.135 e. The molecule has 0 aliphatic heterocycles. The minimum absolute atomic E-state index is 0.0381. The zero-order valence-corrected chi connectivity index (χ0v) is 40.8. The smallest absolute Gasteiger partial charge is 0.135 e. The molecule has 0 bridgehead atoms. The number of hydrogen-bond donors (Lipinski definition) is 0. The number of fused-ring (bicyclic) bond motifs is 13. The van der Waals surface area contributed by atoms with Gasteiger partial charge in [-0.1, -0.05) is 176 Å². The van der Waals surface area contributed by atoms with Gasteiger partial charge in [-0.25, -0.2) is 0 Å². The third kappa shape index (κ3) is 7.00. The molecule has 3 heterocycles. The fourth-order valence-corrected chi connectivity index (χ4v) is 11.8. The highest BCUT2D eigenvalue weighted by molar-refractivity contribution is 6.25. The minimum Gasteiger partial charge on any atom is -0.456 e. The van der Waals surface area contributed by atoms with Gasteiger partial charge in [-0.2, -0.15) is 0 Å². The van der Waals surface area contributed by atoms with Gasteiger partial charge < -0.3 is 13.6 Å². The molecule has 1 atom stereocenters. The average molecular weight is 949 g/mol. The first-order chi connectivity index (χ1) is 36.6. The van der Waals surface area contributed by atoms with Crippen molar-refractivity contribution >= 4 is 106 Å². The number of nitrogens with zero attached hydrogens (tertiary/aromatic N) is 4. The molecule has 0 saturated heterocycles. The van der Waals surface area contributed by atoms with Crippen LogP contribution in [0.1, 0.15) is 28.2 Å². The lowest BCUT2D eigenvalue weighted by Crippen LogP contribution is -2.26. The van der Waals surface area contributed by atoms with Gasteiger partial charge in [0.05, 0.1) is 22.4 Å². The van der Waals surface area contributed by atoms with Crippen LogP contribution in [0.15, 0.2) is 245 Å². The number of rotatable bonds is 8.